The SMILES string of the molecule is CC(=O)C(CC(C)C)NC(Cc1cncn1Cc1ccc(C#N)cc1)C(=O)O. The fourth-order valence-electron chi connectivity index (χ4n) is 3.03. The van der Waals surface area contributed by atoms with Crippen molar-refractivity contribution in [3.8, 4) is 6.07 Å². The first kappa shape index (κ1) is 21.3. The zero-order valence-corrected chi connectivity index (χ0v) is 16.4. The van der Waals surface area contributed by atoms with Crippen molar-refractivity contribution in [2.45, 2.75) is 52.2 Å². The molecule has 0 saturated heterocycles. The molecule has 7 nitrogen and oxygen atoms in total. The Hall–Kier alpha value is -2.98. The van der Waals surface area contributed by atoms with Crippen molar-refractivity contribution in [2.24, 2.45) is 5.92 Å². The normalized spacial score (nSPS) is 13.1. The predicted octanol–water partition coefficient (Wildman–Crippen LogP) is 2.39. The van der Waals surface area contributed by atoms with Crippen molar-refractivity contribution in [3.05, 3.63) is 53.6 Å². The molecular weight excluding hydrogens is 356 g/mol. The van der Waals surface area contributed by atoms with Gasteiger partial charge in [0.15, 0.2) is 0 Å². The van der Waals surface area contributed by atoms with E-state index in [1.54, 1.807) is 24.7 Å². The van der Waals surface area contributed by atoms with E-state index >= 15 is 0 Å². The number of ketones is 1. The quantitative estimate of drug-likeness (QED) is 0.653. The molecule has 2 atom stereocenters. The molecule has 0 bridgehead atoms. The minimum Gasteiger partial charge on any atom is -0.480 e. The fourth-order valence-corrected chi connectivity index (χ4v) is 3.03. The van der Waals surface area contributed by atoms with Gasteiger partial charge in [-0.2, -0.15) is 5.26 Å². The summed E-state index contributed by atoms with van der Waals surface area (Å²) in [5, 5.41) is 21.5. The van der Waals surface area contributed by atoms with E-state index in [1.165, 1.54) is 6.92 Å². The largest absolute Gasteiger partial charge is 0.480 e. The van der Waals surface area contributed by atoms with Gasteiger partial charge in [-0.15, -0.1) is 0 Å². The molecule has 0 radical (unpaired) electrons. The Labute approximate surface area is 165 Å². The Morgan fingerprint density at radius 3 is 2.46 bits per heavy atom. The number of rotatable bonds is 10. The first-order valence-electron chi connectivity index (χ1n) is 9.27. The van der Waals surface area contributed by atoms with Gasteiger partial charge in [-0.3, -0.25) is 14.9 Å². The van der Waals surface area contributed by atoms with Gasteiger partial charge >= 0.3 is 5.97 Å². The Kier molecular flexibility index (Phi) is 7.47. The summed E-state index contributed by atoms with van der Waals surface area (Å²) in [5.74, 6) is -0.787. The fraction of sp³-hybridized carbons (Fsp3) is 0.429. The smallest absolute Gasteiger partial charge is 0.321 e. The van der Waals surface area contributed by atoms with Gasteiger partial charge in [0.1, 0.15) is 11.8 Å². The zero-order valence-electron chi connectivity index (χ0n) is 16.4. The molecule has 2 rings (SSSR count). The van der Waals surface area contributed by atoms with Crippen LogP contribution in [-0.4, -0.2) is 38.5 Å². The molecule has 0 aliphatic carbocycles. The van der Waals surface area contributed by atoms with Crippen molar-refractivity contribution in [1.29, 1.82) is 5.26 Å². The third-order valence-electron chi connectivity index (χ3n) is 4.55. The number of carboxylic acid groups (broad SMARTS) is 1. The molecule has 148 valence electrons. The maximum atomic E-state index is 11.9. The first-order chi connectivity index (χ1) is 13.3. The van der Waals surface area contributed by atoms with Crippen LogP contribution >= 0.6 is 0 Å². The molecule has 0 amide bonds. The summed E-state index contributed by atoms with van der Waals surface area (Å²) in [6.07, 6.45) is 4.10. The molecular formula is C21H26N4O3. The highest BCUT2D eigenvalue weighted by Crippen LogP contribution is 2.12. The minimum absolute atomic E-state index is 0.0639. The van der Waals surface area contributed by atoms with Crippen molar-refractivity contribution < 1.29 is 14.7 Å². The maximum Gasteiger partial charge on any atom is 0.321 e. The second kappa shape index (κ2) is 9.81. The van der Waals surface area contributed by atoms with Gasteiger partial charge in [0.25, 0.3) is 0 Å². The number of carbonyl (C=O) groups is 2. The Balaban J connectivity index is 2.13. The van der Waals surface area contributed by atoms with Gasteiger partial charge in [0.05, 0.1) is 24.0 Å². The monoisotopic (exact) mass is 382 g/mol. The summed E-state index contributed by atoms with van der Waals surface area (Å²) in [5.41, 5.74) is 2.33. The summed E-state index contributed by atoms with van der Waals surface area (Å²) < 4.78 is 1.88. The van der Waals surface area contributed by atoms with Gasteiger partial charge in [-0.25, -0.2) is 4.98 Å². The van der Waals surface area contributed by atoms with E-state index in [4.69, 9.17) is 5.26 Å². The summed E-state index contributed by atoms with van der Waals surface area (Å²) in [6, 6.07) is 7.93. The van der Waals surface area contributed by atoms with E-state index in [1.807, 2.05) is 30.5 Å². The van der Waals surface area contributed by atoms with Gasteiger partial charge < -0.3 is 9.67 Å². The summed E-state index contributed by atoms with van der Waals surface area (Å²) in [7, 11) is 0. The van der Waals surface area contributed by atoms with E-state index in [0.29, 0.717) is 18.5 Å². The zero-order chi connectivity index (χ0) is 20.7. The second-order valence-corrected chi connectivity index (χ2v) is 7.38. The van der Waals surface area contributed by atoms with Crippen LogP contribution in [0.3, 0.4) is 0 Å². The lowest BCUT2D eigenvalue weighted by Crippen LogP contribution is -2.48. The van der Waals surface area contributed by atoms with Crippen LogP contribution < -0.4 is 5.32 Å². The molecule has 1 aromatic heterocycles. The summed E-state index contributed by atoms with van der Waals surface area (Å²) in [4.78, 5) is 27.8. The summed E-state index contributed by atoms with van der Waals surface area (Å²) >= 11 is 0. The number of carbonyl (C=O) groups excluding carboxylic acids is 1. The van der Waals surface area contributed by atoms with E-state index in [-0.39, 0.29) is 18.1 Å². The molecule has 7 heteroatoms. The molecule has 2 aromatic rings. The number of benzene rings is 1. The van der Waals surface area contributed by atoms with Crippen LogP contribution in [0.2, 0.25) is 0 Å². The van der Waals surface area contributed by atoms with Crippen LogP contribution in [0.5, 0.6) is 0 Å². The highest BCUT2D eigenvalue weighted by molar-refractivity contribution is 5.83. The number of aliphatic carboxylic acids is 1. The predicted molar refractivity (Wildman–Crippen MR) is 105 cm³/mol. The number of hydrogen-bond acceptors (Lipinski definition) is 5. The molecule has 1 aromatic carbocycles. The molecule has 28 heavy (non-hydrogen) atoms. The van der Waals surface area contributed by atoms with Crippen molar-refractivity contribution in [1.82, 2.24) is 14.9 Å². The molecule has 2 unspecified atom stereocenters. The average Bonchev–Trinajstić information content (AvgIpc) is 3.07. The van der Waals surface area contributed by atoms with Crippen LogP contribution in [0, 0.1) is 17.2 Å². The Morgan fingerprint density at radius 2 is 1.93 bits per heavy atom. The molecule has 2 N–H and O–H groups in total. The standard InChI is InChI=1S/C21H26N4O3/c1-14(2)8-19(15(3)26)24-20(21(27)28)9-18-11-23-13-25(18)12-17-6-4-16(10-22)5-7-17/h4-7,11,13-14,19-20,24H,8-9,12H2,1-3H3,(H,27,28). The Bertz CT molecular complexity index is 849. The lowest BCUT2D eigenvalue weighted by molar-refractivity contribution is -0.139. The number of nitriles is 1. The number of Topliss-reactive ketones (excluding diaryl/α,β-unsaturated/α-hetero) is 1. The topological polar surface area (TPSA) is 108 Å². The highest BCUT2D eigenvalue weighted by atomic mass is 16.4. The van der Waals surface area contributed by atoms with E-state index in [0.717, 1.165) is 11.3 Å². The molecule has 0 fully saturated rings. The van der Waals surface area contributed by atoms with Gasteiger partial charge in [0, 0.05) is 24.9 Å². The van der Waals surface area contributed by atoms with Crippen LogP contribution in [0.1, 0.15) is 44.0 Å². The molecule has 0 aliphatic heterocycles. The van der Waals surface area contributed by atoms with E-state index < -0.39 is 18.1 Å². The van der Waals surface area contributed by atoms with Crippen molar-refractivity contribution >= 4 is 11.8 Å². The number of hydrogen-bond donors (Lipinski definition) is 2. The van der Waals surface area contributed by atoms with Gasteiger partial charge in [-0.1, -0.05) is 26.0 Å². The van der Waals surface area contributed by atoms with Crippen LogP contribution in [0.25, 0.3) is 0 Å². The van der Waals surface area contributed by atoms with Crippen molar-refractivity contribution in [3.63, 3.8) is 0 Å². The summed E-state index contributed by atoms with van der Waals surface area (Å²) in [6.45, 7) is 6.00. The number of aromatic nitrogens is 2. The Morgan fingerprint density at radius 1 is 1.25 bits per heavy atom. The average molecular weight is 382 g/mol. The van der Waals surface area contributed by atoms with Crippen molar-refractivity contribution in [2.75, 3.05) is 0 Å². The minimum atomic E-state index is -0.999. The third-order valence-corrected chi connectivity index (χ3v) is 4.55. The van der Waals surface area contributed by atoms with E-state index in [2.05, 4.69) is 16.4 Å². The van der Waals surface area contributed by atoms with Crippen LogP contribution in [0.15, 0.2) is 36.8 Å². The number of carboxylic acids is 1. The highest BCUT2D eigenvalue weighted by Gasteiger charge is 2.26. The molecule has 1 heterocycles. The first-order valence-corrected chi connectivity index (χ1v) is 9.27. The number of nitrogens with zero attached hydrogens (tertiary/aromatic N) is 3. The maximum absolute atomic E-state index is 11.9. The number of nitrogens with one attached hydrogen (secondary N) is 1. The lowest BCUT2D eigenvalue weighted by Gasteiger charge is -2.23. The molecule has 0 aliphatic rings. The number of imidazole rings is 1. The molecule has 0 spiro atoms. The van der Waals surface area contributed by atoms with Gasteiger partial charge in [-0.05, 0) is 37.0 Å². The lowest BCUT2D eigenvalue weighted by atomic mass is 9.99. The van der Waals surface area contributed by atoms with E-state index in [9.17, 15) is 14.7 Å². The second-order valence-electron chi connectivity index (χ2n) is 7.38. The van der Waals surface area contributed by atoms with Gasteiger partial charge in [0.2, 0.25) is 0 Å². The molecule has 0 saturated carbocycles. The third kappa shape index (κ3) is 6.03. The van der Waals surface area contributed by atoms with Crippen LogP contribution in [0.4, 0.5) is 0 Å². The van der Waals surface area contributed by atoms with Crippen LogP contribution in [-0.2, 0) is 22.6 Å².